The van der Waals surface area contributed by atoms with E-state index in [9.17, 15) is 8.42 Å². The fourth-order valence-electron chi connectivity index (χ4n) is 1.79. The van der Waals surface area contributed by atoms with Crippen molar-refractivity contribution < 1.29 is 8.42 Å². The summed E-state index contributed by atoms with van der Waals surface area (Å²) in [5.41, 5.74) is 0.516. The Morgan fingerprint density at radius 3 is 2.59 bits per heavy atom. The Bertz CT molecular complexity index is 517. The molecule has 6 heteroatoms. The zero-order valence-corrected chi connectivity index (χ0v) is 10.1. The molecule has 0 radical (unpaired) electrons. The van der Waals surface area contributed by atoms with E-state index < -0.39 is 9.84 Å². The van der Waals surface area contributed by atoms with Crippen molar-refractivity contribution in [1.82, 2.24) is 4.98 Å². The Labute approximate surface area is 100 Å². The molecule has 0 saturated carbocycles. The van der Waals surface area contributed by atoms with E-state index in [1.54, 1.807) is 12.1 Å². The first-order chi connectivity index (χ1) is 8.09. The molecule has 0 atom stereocenters. The number of nitrogens with zero attached hydrogens (tertiary/aromatic N) is 2. The summed E-state index contributed by atoms with van der Waals surface area (Å²) in [4.78, 5) is 4.10. The number of anilines is 1. The summed E-state index contributed by atoms with van der Waals surface area (Å²) in [5.74, 6) is 1.16. The van der Waals surface area contributed by atoms with Gasteiger partial charge in [0.05, 0.1) is 17.1 Å². The Hall–Kier alpha value is -1.61. The smallest absolute Gasteiger partial charge is 0.150 e. The van der Waals surface area contributed by atoms with Crippen LogP contribution in [0.25, 0.3) is 0 Å². The molecule has 0 unspecified atom stereocenters. The summed E-state index contributed by atoms with van der Waals surface area (Å²) in [6.07, 6.45) is 2.73. The van der Waals surface area contributed by atoms with Crippen LogP contribution in [0.1, 0.15) is 18.4 Å². The van der Waals surface area contributed by atoms with Crippen molar-refractivity contribution in [2.75, 3.05) is 16.8 Å². The fraction of sp³-hybridized carbons (Fsp3) is 0.455. The van der Waals surface area contributed by atoms with Gasteiger partial charge in [0.15, 0.2) is 0 Å². The largest absolute Gasteiger partial charge is 0.367 e. The van der Waals surface area contributed by atoms with Gasteiger partial charge < -0.3 is 5.32 Å². The SMILES string of the molecule is N#Cc1ccc(NC2CCS(=O)(=O)CC2)nc1. The minimum Gasteiger partial charge on any atom is -0.367 e. The molecule has 17 heavy (non-hydrogen) atoms. The molecule has 1 aliphatic heterocycles. The van der Waals surface area contributed by atoms with Crippen molar-refractivity contribution >= 4 is 15.7 Å². The molecule has 0 amide bonds. The van der Waals surface area contributed by atoms with Gasteiger partial charge in [-0.2, -0.15) is 5.26 Å². The van der Waals surface area contributed by atoms with Gasteiger partial charge in [0, 0.05) is 12.2 Å². The normalized spacial score (nSPS) is 19.5. The molecule has 0 spiro atoms. The quantitative estimate of drug-likeness (QED) is 0.845. The standard InChI is InChI=1S/C11H13N3O2S/c12-7-9-1-2-11(13-8-9)14-10-3-5-17(15,16)6-4-10/h1-2,8,10H,3-6H2,(H,13,14). The van der Waals surface area contributed by atoms with Gasteiger partial charge in [-0.1, -0.05) is 0 Å². The Kier molecular flexibility index (Phi) is 3.29. The number of hydrogen-bond acceptors (Lipinski definition) is 5. The number of nitrogens with one attached hydrogen (secondary N) is 1. The van der Waals surface area contributed by atoms with Gasteiger partial charge in [-0.05, 0) is 25.0 Å². The molecule has 1 N–H and O–H groups in total. The highest BCUT2D eigenvalue weighted by molar-refractivity contribution is 7.91. The molecule has 1 saturated heterocycles. The van der Waals surface area contributed by atoms with Crippen molar-refractivity contribution in [1.29, 1.82) is 5.26 Å². The van der Waals surface area contributed by atoms with E-state index in [1.165, 1.54) is 6.20 Å². The highest BCUT2D eigenvalue weighted by Gasteiger charge is 2.23. The number of aromatic nitrogens is 1. The first kappa shape index (κ1) is 11.9. The first-order valence-corrected chi connectivity index (χ1v) is 7.24. The van der Waals surface area contributed by atoms with Crippen LogP contribution in [-0.4, -0.2) is 30.9 Å². The van der Waals surface area contributed by atoms with Gasteiger partial charge in [-0.15, -0.1) is 0 Å². The maximum Gasteiger partial charge on any atom is 0.150 e. The van der Waals surface area contributed by atoms with Crippen LogP contribution >= 0.6 is 0 Å². The second-order valence-corrected chi connectivity index (χ2v) is 6.42. The van der Waals surface area contributed by atoms with Crippen molar-refractivity contribution in [2.24, 2.45) is 0 Å². The highest BCUT2D eigenvalue weighted by atomic mass is 32.2. The van der Waals surface area contributed by atoms with Crippen molar-refractivity contribution in [3.63, 3.8) is 0 Å². The van der Waals surface area contributed by atoms with Crippen LogP contribution in [0.4, 0.5) is 5.82 Å². The topological polar surface area (TPSA) is 82.9 Å². The maximum absolute atomic E-state index is 11.3. The number of sulfone groups is 1. The lowest BCUT2D eigenvalue weighted by molar-refractivity contribution is 0.559. The third-order valence-electron chi connectivity index (χ3n) is 2.80. The fourth-order valence-corrected chi connectivity index (χ4v) is 3.28. The van der Waals surface area contributed by atoms with Crippen LogP contribution in [0.5, 0.6) is 0 Å². The molecule has 1 aromatic heterocycles. The summed E-state index contributed by atoms with van der Waals surface area (Å²) < 4.78 is 22.5. The Morgan fingerprint density at radius 1 is 1.35 bits per heavy atom. The van der Waals surface area contributed by atoms with Crippen molar-refractivity contribution in [2.45, 2.75) is 18.9 Å². The lowest BCUT2D eigenvalue weighted by Gasteiger charge is -2.23. The van der Waals surface area contributed by atoms with E-state index >= 15 is 0 Å². The van der Waals surface area contributed by atoms with Crippen LogP contribution in [0, 0.1) is 11.3 Å². The third-order valence-corrected chi connectivity index (χ3v) is 4.51. The molecule has 2 heterocycles. The van der Waals surface area contributed by atoms with Gasteiger partial charge in [0.1, 0.15) is 21.7 Å². The maximum atomic E-state index is 11.3. The molecule has 1 fully saturated rings. The van der Waals surface area contributed by atoms with Crippen molar-refractivity contribution in [3.8, 4) is 6.07 Å². The summed E-state index contributed by atoms with van der Waals surface area (Å²) in [6, 6.07) is 5.58. The monoisotopic (exact) mass is 251 g/mol. The van der Waals surface area contributed by atoms with E-state index in [2.05, 4.69) is 10.3 Å². The van der Waals surface area contributed by atoms with Crippen molar-refractivity contribution in [3.05, 3.63) is 23.9 Å². The third kappa shape index (κ3) is 3.17. The second kappa shape index (κ2) is 4.72. The predicted molar refractivity (Wildman–Crippen MR) is 64.3 cm³/mol. The molecule has 1 aliphatic rings. The van der Waals surface area contributed by atoms with E-state index in [-0.39, 0.29) is 17.5 Å². The summed E-state index contributed by atoms with van der Waals surface area (Å²) in [5, 5.41) is 11.8. The molecule has 5 nitrogen and oxygen atoms in total. The van der Waals surface area contributed by atoms with Gasteiger partial charge >= 0.3 is 0 Å². The molecule has 1 aromatic rings. The summed E-state index contributed by atoms with van der Waals surface area (Å²) in [7, 11) is -2.82. The average Bonchev–Trinajstić information content (AvgIpc) is 2.33. The molecule has 90 valence electrons. The van der Waals surface area contributed by atoms with Gasteiger partial charge in [-0.25, -0.2) is 13.4 Å². The van der Waals surface area contributed by atoms with Crippen LogP contribution in [-0.2, 0) is 9.84 Å². The lowest BCUT2D eigenvalue weighted by Crippen LogP contribution is -2.32. The van der Waals surface area contributed by atoms with E-state index in [1.807, 2.05) is 6.07 Å². The summed E-state index contributed by atoms with van der Waals surface area (Å²) in [6.45, 7) is 0. The van der Waals surface area contributed by atoms with E-state index in [4.69, 9.17) is 5.26 Å². The van der Waals surface area contributed by atoms with Gasteiger partial charge in [0.25, 0.3) is 0 Å². The van der Waals surface area contributed by atoms with Gasteiger partial charge in [-0.3, -0.25) is 0 Å². The minimum atomic E-state index is -2.82. The Balaban J connectivity index is 1.96. The van der Waals surface area contributed by atoms with Gasteiger partial charge in [0.2, 0.25) is 0 Å². The van der Waals surface area contributed by atoms with Crippen LogP contribution in [0.3, 0.4) is 0 Å². The second-order valence-electron chi connectivity index (χ2n) is 4.11. The van der Waals surface area contributed by atoms with Crippen LogP contribution in [0.15, 0.2) is 18.3 Å². The van der Waals surface area contributed by atoms with Crippen LogP contribution in [0.2, 0.25) is 0 Å². The number of pyridine rings is 1. The lowest BCUT2D eigenvalue weighted by atomic mass is 10.1. The molecule has 0 bridgehead atoms. The molecule has 2 rings (SSSR count). The average molecular weight is 251 g/mol. The minimum absolute atomic E-state index is 0.152. The van der Waals surface area contributed by atoms with E-state index in [0.717, 1.165) is 0 Å². The molecular formula is C11H13N3O2S. The molecular weight excluding hydrogens is 238 g/mol. The summed E-state index contributed by atoms with van der Waals surface area (Å²) >= 11 is 0. The number of rotatable bonds is 2. The Morgan fingerprint density at radius 2 is 2.06 bits per heavy atom. The molecule has 0 aliphatic carbocycles. The van der Waals surface area contributed by atoms with Crippen LogP contribution < -0.4 is 5.32 Å². The zero-order valence-electron chi connectivity index (χ0n) is 9.26. The molecule has 0 aromatic carbocycles. The number of hydrogen-bond donors (Lipinski definition) is 1. The zero-order chi connectivity index (χ0) is 12.3. The van der Waals surface area contributed by atoms with E-state index in [0.29, 0.717) is 24.2 Å². The number of nitriles is 1. The highest BCUT2D eigenvalue weighted by Crippen LogP contribution is 2.16. The first-order valence-electron chi connectivity index (χ1n) is 5.42. The predicted octanol–water partition coefficient (Wildman–Crippen LogP) is 0.942.